The summed E-state index contributed by atoms with van der Waals surface area (Å²) in [6.07, 6.45) is 3.22. The Hall–Kier alpha value is -2.14. The van der Waals surface area contributed by atoms with Gasteiger partial charge in [-0.15, -0.1) is 0 Å². The molecule has 5 rings (SSSR count). The third kappa shape index (κ3) is 2.10. The summed E-state index contributed by atoms with van der Waals surface area (Å²) >= 11 is 0. The molecule has 3 aliphatic rings. The first kappa shape index (κ1) is 13.3. The summed E-state index contributed by atoms with van der Waals surface area (Å²) in [5.74, 6) is 2.83. The second-order valence-electron chi connectivity index (χ2n) is 6.92. The molecule has 23 heavy (non-hydrogen) atoms. The molecule has 0 bridgehead atoms. The lowest BCUT2D eigenvalue weighted by Gasteiger charge is -2.15. The predicted octanol–water partition coefficient (Wildman–Crippen LogP) is 1.84. The van der Waals surface area contributed by atoms with Crippen LogP contribution in [0.3, 0.4) is 0 Å². The molecule has 2 fully saturated rings. The van der Waals surface area contributed by atoms with Crippen LogP contribution in [0.4, 0.5) is 11.8 Å². The fraction of sp³-hybridized carbons (Fsp3) is 0.444. The van der Waals surface area contributed by atoms with Crippen LogP contribution in [-0.4, -0.2) is 29.1 Å². The lowest BCUT2D eigenvalue weighted by Crippen LogP contribution is -2.22. The highest BCUT2D eigenvalue weighted by Crippen LogP contribution is 2.45. The maximum atomic E-state index is 6.03. The van der Waals surface area contributed by atoms with Crippen molar-refractivity contribution in [2.75, 3.05) is 24.1 Å². The molecular formula is C18H21N5. The Morgan fingerprint density at radius 1 is 1.09 bits per heavy atom. The van der Waals surface area contributed by atoms with Crippen molar-refractivity contribution in [1.82, 2.24) is 15.3 Å². The molecule has 1 saturated heterocycles. The lowest BCUT2D eigenvalue weighted by atomic mass is 10.0. The highest BCUT2D eigenvalue weighted by atomic mass is 15.2. The van der Waals surface area contributed by atoms with Crippen LogP contribution in [0.25, 0.3) is 11.3 Å². The number of nitrogens with zero attached hydrogens (tertiary/aromatic N) is 2. The highest BCUT2D eigenvalue weighted by molar-refractivity contribution is 5.73. The Morgan fingerprint density at radius 2 is 1.91 bits per heavy atom. The van der Waals surface area contributed by atoms with Crippen molar-refractivity contribution in [1.29, 1.82) is 0 Å². The minimum atomic E-state index is 0.367. The number of nitrogens with one attached hydrogen (secondary N) is 2. The fourth-order valence-corrected chi connectivity index (χ4v) is 4.30. The van der Waals surface area contributed by atoms with Crippen molar-refractivity contribution in [2.45, 2.75) is 25.3 Å². The van der Waals surface area contributed by atoms with E-state index in [-0.39, 0.29) is 0 Å². The van der Waals surface area contributed by atoms with Gasteiger partial charge in [-0.3, -0.25) is 0 Å². The van der Waals surface area contributed by atoms with Gasteiger partial charge in [0, 0.05) is 30.3 Å². The van der Waals surface area contributed by atoms with Gasteiger partial charge in [-0.25, -0.2) is 4.98 Å². The zero-order chi connectivity index (χ0) is 15.4. The number of benzene rings is 1. The van der Waals surface area contributed by atoms with Gasteiger partial charge >= 0.3 is 0 Å². The minimum absolute atomic E-state index is 0.367. The molecule has 2 heterocycles. The molecular weight excluding hydrogens is 286 g/mol. The number of fused-ring (bicyclic) bond motifs is 4. The summed E-state index contributed by atoms with van der Waals surface area (Å²) in [6, 6.07) is 9.09. The maximum absolute atomic E-state index is 6.03. The van der Waals surface area contributed by atoms with Crippen molar-refractivity contribution in [3.8, 4) is 11.3 Å². The van der Waals surface area contributed by atoms with Crippen LogP contribution in [0.2, 0.25) is 0 Å². The van der Waals surface area contributed by atoms with Crippen LogP contribution in [-0.2, 0) is 12.8 Å². The zero-order valence-electron chi connectivity index (χ0n) is 13.0. The summed E-state index contributed by atoms with van der Waals surface area (Å²) < 4.78 is 0. The summed E-state index contributed by atoms with van der Waals surface area (Å²) in [4.78, 5) is 9.13. The molecule has 0 spiro atoms. The number of hydrogen-bond donors (Lipinski definition) is 3. The van der Waals surface area contributed by atoms with Gasteiger partial charge in [0.15, 0.2) is 0 Å². The van der Waals surface area contributed by atoms with E-state index < -0.39 is 0 Å². The van der Waals surface area contributed by atoms with E-state index in [1.165, 1.54) is 16.7 Å². The summed E-state index contributed by atoms with van der Waals surface area (Å²) in [5, 5.41) is 7.11. The van der Waals surface area contributed by atoms with Gasteiger partial charge < -0.3 is 16.4 Å². The molecule has 0 amide bonds. The molecule has 3 atom stereocenters. The minimum Gasteiger partial charge on any atom is -0.368 e. The zero-order valence-corrected chi connectivity index (χ0v) is 13.0. The van der Waals surface area contributed by atoms with Crippen molar-refractivity contribution in [3.05, 3.63) is 35.4 Å². The summed E-state index contributed by atoms with van der Waals surface area (Å²) in [7, 11) is 0. The van der Waals surface area contributed by atoms with E-state index in [2.05, 4.69) is 44.9 Å². The Kier molecular flexibility index (Phi) is 2.85. The lowest BCUT2D eigenvalue weighted by molar-refractivity contribution is 0.694. The van der Waals surface area contributed by atoms with E-state index in [9.17, 15) is 0 Å². The van der Waals surface area contributed by atoms with Gasteiger partial charge in [-0.05, 0) is 36.7 Å². The molecule has 1 aromatic heterocycles. The Balaban J connectivity index is 1.57. The van der Waals surface area contributed by atoms with E-state index in [0.717, 1.165) is 55.7 Å². The second-order valence-corrected chi connectivity index (χ2v) is 6.92. The smallest absolute Gasteiger partial charge is 0.222 e. The molecule has 2 aromatic rings. The van der Waals surface area contributed by atoms with Gasteiger partial charge in [0.25, 0.3) is 0 Å². The Morgan fingerprint density at radius 3 is 2.78 bits per heavy atom. The van der Waals surface area contributed by atoms with E-state index in [1.807, 2.05) is 0 Å². The number of anilines is 2. The fourth-order valence-electron chi connectivity index (χ4n) is 4.30. The van der Waals surface area contributed by atoms with Gasteiger partial charge in [0.2, 0.25) is 5.95 Å². The van der Waals surface area contributed by atoms with Gasteiger partial charge in [0.1, 0.15) is 5.82 Å². The van der Waals surface area contributed by atoms with E-state index in [1.54, 1.807) is 0 Å². The van der Waals surface area contributed by atoms with Crippen molar-refractivity contribution >= 4 is 11.8 Å². The summed E-state index contributed by atoms with van der Waals surface area (Å²) in [5.41, 5.74) is 10.9. The van der Waals surface area contributed by atoms with Crippen LogP contribution in [0, 0.1) is 11.8 Å². The van der Waals surface area contributed by atoms with Gasteiger partial charge in [0.05, 0.1) is 5.69 Å². The van der Waals surface area contributed by atoms with Crippen LogP contribution >= 0.6 is 0 Å². The van der Waals surface area contributed by atoms with Crippen LogP contribution in [0.15, 0.2) is 24.3 Å². The number of nitrogens with two attached hydrogens (primary N) is 1. The van der Waals surface area contributed by atoms with Crippen molar-refractivity contribution in [3.63, 3.8) is 0 Å². The normalized spacial score (nSPS) is 27.6. The third-order valence-electron chi connectivity index (χ3n) is 5.56. The molecule has 4 N–H and O–H groups in total. The van der Waals surface area contributed by atoms with Crippen molar-refractivity contribution in [2.24, 2.45) is 11.8 Å². The first-order valence-corrected chi connectivity index (χ1v) is 8.53. The molecule has 118 valence electrons. The largest absolute Gasteiger partial charge is 0.368 e. The van der Waals surface area contributed by atoms with Crippen LogP contribution < -0.4 is 16.4 Å². The van der Waals surface area contributed by atoms with Gasteiger partial charge in [-0.2, -0.15) is 4.98 Å². The molecule has 2 aliphatic carbocycles. The SMILES string of the molecule is Nc1nc(NC2[C@H]3CNC[C@@H]23)c2c(n1)-c1ccccc1CCC2. The predicted molar refractivity (Wildman–Crippen MR) is 91.2 cm³/mol. The second kappa shape index (κ2) is 4.93. The number of piperidine rings is 1. The Labute approximate surface area is 135 Å². The number of nitrogen functional groups attached to an aromatic ring is 1. The average molecular weight is 307 g/mol. The quantitative estimate of drug-likeness (QED) is 0.789. The van der Waals surface area contributed by atoms with Crippen LogP contribution in [0.5, 0.6) is 0 Å². The first-order chi connectivity index (χ1) is 11.3. The van der Waals surface area contributed by atoms with Crippen molar-refractivity contribution < 1.29 is 0 Å². The molecule has 5 nitrogen and oxygen atoms in total. The highest BCUT2D eigenvalue weighted by Gasteiger charge is 2.53. The number of hydrogen-bond acceptors (Lipinski definition) is 5. The average Bonchev–Trinajstić information content (AvgIpc) is 3.02. The van der Waals surface area contributed by atoms with E-state index >= 15 is 0 Å². The molecule has 0 radical (unpaired) electrons. The van der Waals surface area contributed by atoms with Gasteiger partial charge in [-0.1, -0.05) is 24.3 Å². The number of rotatable bonds is 2. The van der Waals surface area contributed by atoms with E-state index in [4.69, 9.17) is 5.73 Å². The number of aryl methyl sites for hydroxylation is 1. The number of aromatic nitrogens is 2. The monoisotopic (exact) mass is 307 g/mol. The molecule has 1 unspecified atom stereocenters. The summed E-state index contributed by atoms with van der Waals surface area (Å²) in [6.45, 7) is 2.24. The van der Waals surface area contributed by atoms with E-state index in [0.29, 0.717) is 12.0 Å². The van der Waals surface area contributed by atoms with Crippen LogP contribution in [0.1, 0.15) is 17.5 Å². The molecule has 1 aliphatic heterocycles. The maximum Gasteiger partial charge on any atom is 0.222 e. The standard InChI is InChI=1S/C18H21N5/c19-18-22-15-11-6-2-1-4-10(11)5-3-7-12(15)17(23-18)21-16-13-8-20-9-14(13)16/h1-2,4,6,13-14,16,20H,3,5,7-9H2,(H3,19,21,22,23)/t13-,14+,16?. The Bertz CT molecular complexity index is 762. The molecule has 5 heteroatoms. The third-order valence-corrected chi connectivity index (χ3v) is 5.56. The topological polar surface area (TPSA) is 75.9 Å². The first-order valence-electron chi connectivity index (χ1n) is 8.53. The molecule has 1 saturated carbocycles. The molecule has 1 aromatic carbocycles.